The number of ether oxygens (including phenoxy) is 1. The second-order valence-electron chi connectivity index (χ2n) is 11.2. The quantitative estimate of drug-likeness (QED) is 0.400. The molecule has 10 heteroatoms. The number of nitrogens with one attached hydrogen (secondary N) is 1. The van der Waals surface area contributed by atoms with E-state index >= 15 is 0 Å². The lowest BCUT2D eigenvalue weighted by molar-refractivity contribution is 0.0512. The molecule has 0 aliphatic carbocycles. The fourth-order valence-electron chi connectivity index (χ4n) is 3.88. The van der Waals surface area contributed by atoms with E-state index < -0.39 is 23.2 Å². The minimum Gasteiger partial charge on any atom is -0.463 e. The summed E-state index contributed by atoms with van der Waals surface area (Å²) in [6, 6.07) is 12.7. The third-order valence-corrected chi connectivity index (χ3v) is 5.69. The van der Waals surface area contributed by atoms with Crippen LogP contribution in [0.4, 0.5) is 14.0 Å². The van der Waals surface area contributed by atoms with Crippen molar-refractivity contribution < 1.29 is 28.6 Å². The minimum absolute atomic E-state index is 0.156. The van der Waals surface area contributed by atoms with E-state index in [0.717, 1.165) is 15.8 Å². The molecule has 0 aliphatic rings. The van der Waals surface area contributed by atoms with Gasteiger partial charge in [-0.25, -0.2) is 14.0 Å². The summed E-state index contributed by atoms with van der Waals surface area (Å²) in [5.41, 5.74) is 2.08. The van der Waals surface area contributed by atoms with Crippen molar-refractivity contribution in [2.75, 3.05) is 13.1 Å². The van der Waals surface area contributed by atoms with Gasteiger partial charge in [0.25, 0.3) is 5.91 Å². The molecule has 2 amide bonds. The average Bonchev–Trinajstić information content (AvgIpc) is 3.30. The average molecular weight is 539 g/mol. The van der Waals surface area contributed by atoms with Crippen molar-refractivity contribution in [2.45, 2.75) is 59.1 Å². The standard InChI is InChI=1S/C29H35FN4O5/c1-28(2,3)24-23(18-34(32-24)27(37)38)20-9-11-21(12-10-20)25(35)33(17-19-7-13-22(30)14-8-19)16-15-31-26(36)39-29(4,5)6/h7-14,18H,15-17H2,1-6H3,(H,31,36)(H,37,38). The molecular formula is C29H35FN4O5. The molecule has 0 aliphatic heterocycles. The molecule has 0 saturated heterocycles. The Morgan fingerprint density at radius 1 is 1.00 bits per heavy atom. The lowest BCUT2D eigenvalue weighted by Crippen LogP contribution is -2.40. The van der Waals surface area contributed by atoms with Gasteiger partial charge in [-0.15, -0.1) is 0 Å². The highest BCUT2D eigenvalue weighted by Crippen LogP contribution is 2.32. The Balaban J connectivity index is 1.83. The number of alkyl carbamates (subject to hydrolysis) is 1. The van der Waals surface area contributed by atoms with Crippen LogP contribution in [-0.4, -0.2) is 56.6 Å². The molecule has 0 saturated carbocycles. The summed E-state index contributed by atoms with van der Waals surface area (Å²) in [7, 11) is 0. The summed E-state index contributed by atoms with van der Waals surface area (Å²) >= 11 is 0. The summed E-state index contributed by atoms with van der Waals surface area (Å²) in [5, 5.41) is 16.3. The molecule has 3 aromatic rings. The SMILES string of the molecule is CC(C)(C)OC(=O)NCCN(Cc1ccc(F)cc1)C(=O)c1ccc(-c2cn(C(=O)O)nc2C(C)(C)C)cc1. The first-order chi connectivity index (χ1) is 18.1. The van der Waals surface area contributed by atoms with Gasteiger partial charge in [0.1, 0.15) is 11.4 Å². The van der Waals surface area contributed by atoms with Crippen LogP contribution in [0.1, 0.15) is 63.2 Å². The molecule has 9 nitrogen and oxygen atoms in total. The zero-order valence-electron chi connectivity index (χ0n) is 23.1. The zero-order chi connectivity index (χ0) is 29.0. The van der Waals surface area contributed by atoms with Gasteiger partial charge in [0.15, 0.2) is 0 Å². The maximum atomic E-state index is 13.5. The van der Waals surface area contributed by atoms with Crippen molar-refractivity contribution in [1.82, 2.24) is 20.0 Å². The summed E-state index contributed by atoms with van der Waals surface area (Å²) in [4.78, 5) is 38.6. The van der Waals surface area contributed by atoms with Crippen LogP contribution in [0.2, 0.25) is 0 Å². The Hall–Kier alpha value is -4.21. The van der Waals surface area contributed by atoms with Gasteiger partial charge in [0.2, 0.25) is 0 Å². The second kappa shape index (κ2) is 11.7. The van der Waals surface area contributed by atoms with Gasteiger partial charge in [-0.05, 0) is 56.2 Å². The predicted octanol–water partition coefficient (Wildman–Crippen LogP) is 5.68. The van der Waals surface area contributed by atoms with Crippen molar-refractivity contribution in [3.8, 4) is 11.1 Å². The molecule has 0 spiro atoms. The summed E-state index contributed by atoms with van der Waals surface area (Å²) in [6.45, 7) is 11.7. The van der Waals surface area contributed by atoms with E-state index in [1.165, 1.54) is 18.3 Å². The van der Waals surface area contributed by atoms with Crippen LogP contribution in [0, 0.1) is 5.82 Å². The lowest BCUT2D eigenvalue weighted by atomic mass is 9.87. The van der Waals surface area contributed by atoms with Crippen LogP contribution in [0.5, 0.6) is 0 Å². The Kier molecular flexibility index (Phi) is 8.78. The highest BCUT2D eigenvalue weighted by molar-refractivity contribution is 5.94. The molecule has 2 aromatic carbocycles. The third-order valence-electron chi connectivity index (χ3n) is 5.69. The van der Waals surface area contributed by atoms with Crippen LogP contribution >= 0.6 is 0 Å². The summed E-state index contributed by atoms with van der Waals surface area (Å²) < 4.78 is 19.6. The van der Waals surface area contributed by atoms with E-state index in [1.807, 2.05) is 20.8 Å². The fraction of sp³-hybridized carbons (Fsp3) is 0.379. The van der Waals surface area contributed by atoms with Crippen molar-refractivity contribution >= 4 is 18.1 Å². The van der Waals surface area contributed by atoms with E-state index in [1.54, 1.807) is 62.1 Å². The van der Waals surface area contributed by atoms with E-state index in [4.69, 9.17) is 4.74 Å². The van der Waals surface area contributed by atoms with Crippen molar-refractivity contribution in [3.63, 3.8) is 0 Å². The van der Waals surface area contributed by atoms with E-state index in [0.29, 0.717) is 16.8 Å². The van der Waals surface area contributed by atoms with Gasteiger partial charge in [-0.1, -0.05) is 45.0 Å². The minimum atomic E-state index is -1.19. The molecule has 1 heterocycles. The number of benzene rings is 2. The zero-order valence-corrected chi connectivity index (χ0v) is 23.1. The molecule has 2 N–H and O–H groups in total. The van der Waals surface area contributed by atoms with Gasteiger partial charge >= 0.3 is 12.2 Å². The van der Waals surface area contributed by atoms with Gasteiger partial charge in [0.05, 0.1) is 5.69 Å². The molecule has 39 heavy (non-hydrogen) atoms. The maximum Gasteiger partial charge on any atom is 0.432 e. The number of carboxylic acid groups (broad SMARTS) is 1. The molecule has 208 valence electrons. The van der Waals surface area contributed by atoms with Gasteiger partial charge in [-0.3, -0.25) is 4.79 Å². The van der Waals surface area contributed by atoms with Gasteiger partial charge in [0, 0.05) is 42.4 Å². The van der Waals surface area contributed by atoms with Crippen molar-refractivity contribution in [3.05, 3.63) is 77.4 Å². The van der Waals surface area contributed by atoms with Crippen molar-refractivity contribution in [2.24, 2.45) is 0 Å². The number of carbonyl (C=O) groups excluding carboxylic acids is 2. The molecule has 0 atom stereocenters. The number of amides is 2. The van der Waals surface area contributed by atoms with Crippen LogP contribution in [-0.2, 0) is 16.7 Å². The lowest BCUT2D eigenvalue weighted by Gasteiger charge is -2.24. The summed E-state index contributed by atoms with van der Waals surface area (Å²) in [6.07, 6.45) is -0.310. The molecule has 0 fully saturated rings. The number of aromatic nitrogens is 2. The number of hydrogen-bond donors (Lipinski definition) is 2. The van der Waals surface area contributed by atoms with Crippen LogP contribution in [0.15, 0.2) is 54.7 Å². The third kappa shape index (κ3) is 8.13. The monoisotopic (exact) mass is 538 g/mol. The first-order valence-electron chi connectivity index (χ1n) is 12.6. The van der Waals surface area contributed by atoms with Crippen LogP contribution in [0.25, 0.3) is 11.1 Å². The Morgan fingerprint density at radius 2 is 1.62 bits per heavy atom. The van der Waals surface area contributed by atoms with E-state index in [2.05, 4.69) is 10.4 Å². The van der Waals surface area contributed by atoms with E-state index in [-0.39, 0.29) is 31.4 Å². The summed E-state index contributed by atoms with van der Waals surface area (Å²) in [5.74, 6) is -0.659. The number of hydrogen-bond acceptors (Lipinski definition) is 5. The Bertz CT molecular complexity index is 1320. The number of rotatable bonds is 7. The van der Waals surface area contributed by atoms with Crippen molar-refractivity contribution in [1.29, 1.82) is 0 Å². The van der Waals surface area contributed by atoms with Crippen LogP contribution < -0.4 is 5.32 Å². The highest BCUT2D eigenvalue weighted by Gasteiger charge is 2.25. The normalized spacial score (nSPS) is 11.7. The Labute approximate surface area is 227 Å². The molecule has 1 aromatic heterocycles. The predicted molar refractivity (Wildman–Crippen MR) is 145 cm³/mol. The van der Waals surface area contributed by atoms with Gasteiger partial charge < -0.3 is 20.1 Å². The maximum absolute atomic E-state index is 13.5. The Morgan fingerprint density at radius 3 is 2.15 bits per heavy atom. The number of halogens is 1. The molecule has 0 bridgehead atoms. The topological polar surface area (TPSA) is 114 Å². The van der Waals surface area contributed by atoms with E-state index in [9.17, 15) is 23.9 Å². The van der Waals surface area contributed by atoms with Crippen LogP contribution in [0.3, 0.4) is 0 Å². The fourth-order valence-corrected chi connectivity index (χ4v) is 3.88. The largest absolute Gasteiger partial charge is 0.463 e. The highest BCUT2D eigenvalue weighted by atomic mass is 19.1. The second-order valence-corrected chi connectivity index (χ2v) is 11.2. The first kappa shape index (κ1) is 29.3. The number of carbonyl (C=O) groups is 3. The smallest absolute Gasteiger partial charge is 0.432 e. The first-order valence-corrected chi connectivity index (χ1v) is 12.6. The molecule has 3 rings (SSSR count). The molecule has 0 radical (unpaired) electrons. The molecular weight excluding hydrogens is 503 g/mol. The number of nitrogens with zero attached hydrogens (tertiary/aromatic N) is 3. The molecule has 0 unspecified atom stereocenters. The van der Waals surface area contributed by atoms with Gasteiger partial charge in [-0.2, -0.15) is 9.78 Å².